The van der Waals surface area contributed by atoms with Gasteiger partial charge in [-0.2, -0.15) is 0 Å². The molecule has 0 aliphatic rings. The summed E-state index contributed by atoms with van der Waals surface area (Å²) in [6.45, 7) is 16.8. The number of carbonyl (C=O) groups excluding carboxylic acids is 1. The van der Waals surface area contributed by atoms with E-state index in [4.69, 9.17) is 4.74 Å². The summed E-state index contributed by atoms with van der Waals surface area (Å²) in [4.78, 5) is 23.9. The zero-order valence-corrected chi connectivity index (χ0v) is 19.4. The highest BCUT2D eigenvalue weighted by Gasteiger charge is 2.20. The molecule has 28 heavy (non-hydrogen) atoms. The lowest BCUT2D eigenvalue weighted by atomic mass is 10.2. The Balaban J connectivity index is 2.57. The summed E-state index contributed by atoms with van der Waals surface area (Å²) < 4.78 is 5.09. The van der Waals surface area contributed by atoms with Gasteiger partial charge in [0.1, 0.15) is 9.88 Å². The number of nitrogens with zero attached hydrogens (tertiary/aromatic N) is 3. The molecule has 0 spiro atoms. The number of hydrogen-bond donors (Lipinski definition) is 2. The van der Waals surface area contributed by atoms with Gasteiger partial charge in [0, 0.05) is 32.2 Å². The van der Waals surface area contributed by atoms with Gasteiger partial charge in [0.2, 0.25) is 0 Å². The third-order valence-corrected chi connectivity index (χ3v) is 5.75. The molecule has 0 aromatic carbocycles. The van der Waals surface area contributed by atoms with Crippen LogP contribution in [0.1, 0.15) is 74.4 Å². The number of thiazole rings is 1. The molecule has 160 valence electrons. The van der Waals surface area contributed by atoms with E-state index in [1.54, 1.807) is 14.0 Å². The second-order valence-electron chi connectivity index (χ2n) is 7.33. The molecule has 0 saturated carbocycles. The Kier molecular flexibility index (Phi) is 10.5. The molecule has 0 aliphatic heterocycles. The quantitative estimate of drug-likeness (QED) is 0.266. The zero-order valence-electron chi connectivity index (χ0n) is 18.6. The Hall–Kier alpha value is -1.67. The van der Waals surface area contributed by atoms with Crippen LogP contribution in [0.4, 0.5) is 0 Å². The third kappa shape index (κ3) is 7.39. The first-order valence-electron chi connectivity index (χ1n) is 10.1. The molecule has 1 atom stereocenters. The number of rotatable bonds is 10. The minimum atomic E-state index is -0.307. The van der Waals surface area contributed by atoms with Crippen LogP contribution in [0.3, 0.4) is 0 Å². The Morgan fingerprint density at radius 1 is 1.25 bits per heavy atom. The minimum absolute atomic E-state index is 0.0547. The van der Waals surface area contributed by atoms with E-state index < -0.39 is 0 Å². The van der Waals surface area contributed by atoms with Crippen molar-refractivity contribution in [3.8, 4) is 0 Å². The van der Waals surface area contributed by atoms with Gasteiger partial charge < -0.3 is 15.4 Å². The average Bonchev–Trinajstić information content (AvgIpc) is 3.01. The highest BCUT2D eigenvalue weighted by molar-refractivity contribution is 7.13. The van der Waals surface area contributed by atoms with E-state index in [1.165, 1.54) is 11.3 Å². The Morgan fingerprint density at radius 2 is 1.89 bits per heavy atom. The second kappa shape index (κ2) is 12.0. The summed E-state index contributed by atoms with van der Waals surface area (Å²) in [5, 5.41) is 7.56. The first-order valence-corrected chi connectivity index (χ1v) is 10.9. The number of hydrogen-bond acceptors (Lipinski definition) is 6. The smallest absolute Gasteiger partial charge is 0.350 e. The van der Waals surface area contributed by atoms with Gasteiger partial charge in [-0.1, -0.05) is 0 Å². The molecule has 1 aromatic heterocycles. The van der Waals surface area contributed by atoms with Crippen LogP contribution in [-0.4, -0.2) is 60.6 Å². The fourth-order valence-electron chi connectivity index (χ4n) is 3.03. The lowest BCUT2D eigenvalue weighted by molar-refractivity contribution is 0.0531. The molecule has 0 saturated heterocycles. The van der Waals surface area contributed by atoms with Gasteiger partial charge in [0.25, 0.3) is 0 Å². The van der Waals surface area contributed by atoms with Crippen LogP contribution in [0.25, 0.3) is 0 Å². The van der Waals surface area contributed by atoms with Crippen LogP contribution in [0.15, 0.2) is 4.99 Å². The van der Waals surface area contributed by atoms with Crippen molar-refractivity contribution in [2.24, 2.45) is 4.99 Å². The molecule has 0 bridgehead atoms. The van der Waals surface area contributed by atoms with Crippen LogP contribution in [0, 0.1) is 6.92 Å². The highest BCUT2D eigenvalue weighted by atomic mass is 32.1. The van der Waals surface area contributed by atoms with Crippen molar-refractivity contribution < 1.29 is 9.53 Å². The molecule has 0 fully saturated rings. The van der Waals surface area contributed by atoms with Gasteiger partial charge in [-0.3, -0.25) is 9.89 Å². The van der Waals surface area contributed by atoms with Crippen molar-refractivity contribution in [2.45, 2.75) is 73.0 Å². The Labute approximate surface area is 174 Å². The summed E-state index contributed by atoms with van der Waals surface area (Å²) in [5.74, 6) is 0.428. The molecule has 1 heterocycles. The van der Waals surface area contributed by atoms with Gasteiger partial charge in [0.15, 0.2) is 5.96 Å². The molecule has 1 rings (SSSR count). The first kappa shape index (κ1) is 24.4. The second-order valence-corrected chi connectivity index (χ2v) is 8.36. The van der Waals surface area contributed by atoms with Crippen molar-refractivity contribution >= 4 is 23.3 Å². The summed E-state index contributed by atoms with van der Waals surface area (Å²) in [6, 6.07) is 1.03. The van der Waals surface area contributed by atoms with E-state index >= 15 is 0 Å². The molecule has 7 nitrogen and oxygen atoms in total. The summed E-state index contributed by atoms with van der Waals surface area (Å²) in [5.41, 5.74) is 0.706. The maximum Gasteiger partial charge on any atom is 0.350 e. The third-order valence-electron chi connectivity index (χ3n) is 4.43. The normalized spacial score (nSPS) is 13.3. The molecular formula is C20H37N5O2S. The molecule has 1 aromatic rings. The van der Waals surface area contributed by atoms with Crippen molar-refractivity contribution in [1.29, 1.82) is 0 Å². The number of aryl methyl sites for hydroxylation is 1. The van der Waals surface area contributed by atoms with E-state index in [9.17, 15) is 4.79 Å². The number of esters is 1. The Bertz CT molecular complexity index is 635. The highest BCUT2D eigenvalue weighted by Crippen LogP contribution is 2.24. The standard InChI is InChI=1S/C20H37N5O2S/c1-9-27-19(26)17-15(6)23-18(28-17)16(7)24-20(21-8)22-11-10-12-25(13(2)3)14(4)5/h13-14,16H,9-12H2,1-8H3,(H2,21,22,24). The van der Waals surface area contributed by atoms with E-state index in [2.05, 4.69) is 53.2 Å². The number of ether oxygens (including phenoxy) is 1. The van der Waals surface area contributed by atoms with Crippen LogP contribution in [0.5, 0.6) is 0 Å². The predicted molar refractivity (Wildman–Crippen MR) is 117 cm³/mol. The number of aliphatic imine (C=N–C) groups is 1. The van der Waals surface area contributed by atoms with E-state index in [0.717, 1.165) is 30.5 Å². The maximum atomic E-state index is 12.0. The molecule has 1 unspecified atom stereocenters. The van der Waals surface area contributed by atoms with Gasteiger partial charge >= 0.3 is 5.97 Å². The Morgan fingerprint density at radius 3 is 2.43 bits per heavy atom. The molecule has 0 amide bonds. The van der Waals surface area contributed by atoms with Crippen LogP contribution in [0.2, 0.25) is 0 Å². The lowest BCUT2D eigenvalue weighted by Gasteiger charge is -2.30. The summed E-state index contributed by atoms with van der Waals surface area (Å²) >= 11 is 1.37. The maximum absolute atomic E-state index is 12.0. The molecule has 8 heteroatoms. The molecule has 0 aliphatic carbocycles. The van der Waals surface area contributed by atoms with E-state index in [0.29, 0.717) is 29.3 Å². The van der Waals surface area contributed by atoms with Crippen LogP contribution >= 0.6 is 11.3 Å². The van der Waals surface area contributed by atoms with Gasteiger partial charge in [0.05, 0.1) is 18.3 Å². The van der Waals surface area contributed by atoms with Gasteiger partial charge in [-0.25, -0.2) is 9.78 Å². The van der Waals surface area contributed by atoms with Crippen molar-refractivity contribution in [1.82, 2.24) is 20.5 Å². The molecular weight excluding hydrogens is 374 g/mol. The molecule has 2 N–H and O–H groups in total. The number of guanidine groups is 1. The van der Waals surface area contributed by atoms with Crippen LogP contribution < -0.4 is 10.6 Å². The van der Waals surface area contributed by atoms with Crippen LogP contribution in [-0.2, 0) is 4.74 Å². The van der Waals surface area contributed by atoms with E-state index in [1.807, 2.05) is 13.8 Å². The molecule has 0 radical (unpaired) electrons. The number of nitrogens with one attached hydrogen (secondary N) is 2. The van der Waals surface area contributed by atoms with Crippen molar-refractivity contribution in [2.75, 3.05) is 26.7 Å². The minimum Gasteiger partial charge on any atom is -0.462 e. The summed E-state index contributed by atoms with van der Waals surface area (Å²) in [7, 11) is 1.76. The average molecular weight is 412 g/mol. The monoisotopic (exact) mass is 411 g/mol. The van der Waals surface area contributed by atoms with Crippen molar-refractivity contribution in [3.63, 3.8) is 0 Å². The van der Waals surface area contributed by atoms with E-state index in [-0.39, 0.29) is 12.0 Å². The number of aromatic nitrogens is 1. The largest absolute Gasteiger partial charge is 0.462 e. The van der Waals surface area contributed by atoms with Gasteiger partial charge in [-0.05, 0) is 54.9 Å². The fourth-order valence-corrected chi connectivity index (χ4v) is 3.99. The summed E-state index contributed by atoms with van der Waals surface area (Å²) in [6.07, 6.45) is 1.04. The lowest BCUT2D eigenvalue weighted by Crippen LogP contribution is -2.42. The van der Waals surface area contributed by atoms with Gasteiger partial charge in [-0.15, -0.1) is 11.3 Å². The zero-order chi connectivity index (χ0) is 21.3. The predicted octanol–water partition coefficient (Wildman–Crippen LogP) is 3.36. The first-order chi connectivity index (χ1) is 13.2. The van der Waals surface area contributed by atoms with Crippen molar-refractivity contribution in [3.05, 3.63) is 15.6 Å². The number of carbonyl (C=O) groups is 1. The fraction of sp³-hybridized carbons (Fsp3) is 0.750. The SMILES string of the molecule is CCOC(=O)c1sc(C(C)NC(=NC)NCCCN(C(C)C)C(C)C)nc1C. The topological polar surface area (TPSA) is 78.8 Å².